The summed E-state index contributed by atoms with van der Waals surface area (Å²) in [5.41, 5.74) is 0.279. The van der Waals surface area contributed by atoms with Gasteiger partial charge in [-0.15, -0.1) is 0 Å². The number of carbonyl (C=O) groups excluding carboxylic acids is 2. The van der Waals surface area contributed by atoms with E-state index in [1.54, 1.807) is 29.2 Å². The van der Waals surface area contributed by atoms with Crippen LogP contribution in [0.2, 0.25) is 0 Å². The van der Waals surface area contributed by atoms with E-state index < -0.39 is 11.5 Å². The summed E-state index contributed by atoms with van der Waals surface area (Å²) in [6, 6.07) is 6.86. The third kappa shape index (κ3) is 3.30. The average molecular weight is 356 g/mol. The molecule has 0 aliphatic carbocycles. The highest BCUT2D eigenvalue weighted by molar-refractivity contribution is 6.05. The molecular formula is C18H20N4O4. The van der Waals surface area contributed by atoms with Gasteiger partial charge in [-0.3, -0.25) is 14.3 Å². The Balaban J connectivity index is 1.76. The molecule has 2 heterocycles. The second-order valence-electron chi connectivity index (χ2n) is 6.69. The lowest BCUT2D eigenvalue weighted by Crippen LogP contribution is -2.35. The molecule has 0 saturated carbocycles. The minimum atomic E-state index is -1.22. The van der Waals surface area contributed by atoms with Crippen molar-refractivity contribution in [1.29, 1.82) is 0 Å². The number of carboxylic acid groups (broad SMARTS) is 1. The molecule has 0 spiro atoms. The number of rotatable bonds is 5. The predicted octanol–water partition coefficient (Wildman–Crippen LogP) is 2.08. The molecule has 2 N–H and O–H groups in total. The maximum absolute atomic E-state index is 12.5. The number of nitrogens with zero attached hydrogens (tertiary/aromatic N) is 3. The van der Waals surface area contributed by atoms with Crippen LogP contribution in [0.25, 0.3) is 0 Å². The standard InChI is InChI=1S/C18H20N4O4/c1-18(2,17(25)26)22-11-13(10-19-22)20-16(24)12-5-3-6-14(9-12)21-8-4-7-15(21)23/h3,5-6,9-11H,4,7-8H2,1-2H3,(H,20,24)(H,25,26). The van der Waals surface area contributed by atoms with E-state index in [-0.39, 0.29) is 11.8 Å². The number of amides is 2. The minimum absolute atomic E-state index is 0.0553. The van der Waals surface area contributed by atoms with Gasteiger partial charge in [0, 0.05) is 30.4 Å². The molecule has 1 aliphatic heterocycles. The molecule has 26 heavy (non-hydrogen) atoms. The molecule has 8 heteroatoms. The molecule has 136 valence electrons. The maximum atomic E-state index is 12.5. The summed E-state index contributed by atoms with van der Waals surface area (Å²) < 4.78 is 1.28. The van der Waals surface area contributed by atoms with Crippen LogP contribution in [0.3, 0.4) is 0 Å². The molecule has 2 amide bonds. The molecule has 0 atom stereocenters. The van der Waals surface area contributed by atoms with Crippen molar-refractivity contribution >= 4 is 29.2 Å². The van der Waals surface area contributed by atoms with Crippen molar-refractivity contribution in [3.05, 3.63) is 42.2 Å². The monoisotopic (exact) mass is 356 g/mol. The highest BCUT2D eigenvalue weighted by Gasteiger charge is 2.30. The van der Waals surface area contributed by atoms with Crippen LogP contribution in [0.15, 0.2) is 36.7 Å². The summed E-state index contributed by atoms with van der Waals surface area (Å²) in [5.74, 6) is -1.33. The zero-order chi connectivity index (χ0) is 18.9. The number of nitrogens with one attached hydrogen (secondary N) is 1. The lowest BCUT2D eigenvalue weighted by molar-refractivity contribution is -0.146. The van der Waals surface area contributed by atoms with E-state index >= 15 is 0 Å². The smallest absolute Gasteiger partial charge is 0.331 e. The normalized spacial score (nSPS) is 14.5. The van der Waals surface area contributed by atoms with Crippen molar-refractivity contribution < 1.29 is 19.5 Å². The minimum Gasteiger partial charge on any atom is -0.479 e. The van der Waals surface area contributed by atoms with Crippen molar-refractivity contribution in [1.82, 2.24) is 9.78 Å². The van der Waals surface area contributed by atoms with Crippen molar-refractivity contribution in [3.8, 4) is 0 Å². The molecule has 3 rings (SSSR count). The van der Waals surface area contributed by atoms with Gasteiger partial charge in [0.15, 0.2) is 5.54 Å². The summed E-state index contributed by atoms with van der Waals surface area (Å²) in [7, 11) is 0. The third-order valence-electron chi connectivity index (χ3n) is 4.43. The van der Waals surface area contributed by atoms with E-state index in [1.807, 2.05) is 0 Å². The Morgan fingerprint density at radius 3 is 2.73 bits per heavy atom. The van der Waals surface area contributed by atoms with E-state index in [2.05, 4.69) is 10.4 Å². The fourth-order valence-corrected chi connectivity index (χ4v) is 2.73. The van der Waals surface area contributed by atoms with Gasteiger partial charge in [-0.25, -0.2) is 4.79 Å². The van der Waals surface area contributed by atoms with Crippen LogP contribution in [0.4, 0.5) is 11.4 Å². The Kier molecular flexibility index (Phi) is 4.50. The molecule has 8 nitrogen and oxygen atoms in total. The van der Waals surface area contributed by atoms with E-state index in [0.29, 0.717) is 29.9 Å². The van der Waals surface area contributed by atoms with Crippen LogP contribution in [0.5, 0.6) is 0 Å². The van der Waals surface area contributed by atoms with Crippen molar-refractivity contribution in [2.45, 2.75) is 32.2 Å². The van der Waals surface area contributed by atoms with Gasteiger partial charge in [0.05, 0.1) is 11.9 Å². The van der Waals surface area contributed by atoms with E-state index in [4.69, 9.17) is 0 Å². The second kappa shape index (κ2) is 6.62. The molecule has 1 aliphatic rings. The first-order valence-corrected chi connectivity index (χ1v) is 8.29. The molecule has 1 aromatic carbocycles. The lowest BCUT2D eigenvalue weighted by atomic mass is 10.1. The van der Waals surface area contributed by atoms with Gasteiger partial charge >= 0.3 is 5.97 Å². The summed E-state index contributed by atoms with van der Waals surface area (Å²) in [4.78, 5) is 37.3. The zero-order valence-corrected chi connectivity index (χ0v) is 14.6. The zero-order valence-electron chi connectivity index (χ0n) is 14.6. The van der Waals surface area contributed by atoms with Crippen LogP contribution in [-0.4, -0.2) is 39.2 Å². The first-order valence-electron chi connectivity index (χ1n) is 8.29. The van der Waals surface area contributed by atoms with Gasteiger partial charge in [0.25, 0.3) is 5.91 Å². The molecule has 0 radical (unpaired) electrons. The van der Waals surface area contributed by atoms with Gasteiger partial charge < -0.3 is 15.3 Å². The highest BCUT2D eigenvalue weighted by atomic mass is 16.4. The van der Waals surface area contributed by atoms with Crippen molar-refractivity contribution in [2.75, 3.05) is 16.8 Å². The molecule has 0 bridgehead atoms. The number of carbonyl (C=O) groups is 3. The van der Waals surface area contributed by atoms with E-state index in [0.717, 1.165) is 6.42 Å². The Morgan fingerprint density at radius 1 is 1.31 bits per heavy atom. The van der Waals surface area contributed by atoms with Gasteiger partial charge in [-0.05, 0) is 38.5 Å². The molecule has 0 unspecified atom stereocenters. The maximum Gasteiger partial charge on any atom is 0.331 e. The van der Waals surface area contributed by atoms with Crippen LogP contribution < -0.4 is 10.2 Å². The van der Waals surface area contributed by atoms with Gasteiger partial charge in [0.1, 0.15) is 0 Å². The van der Waals surface area contributed by atoms with Crippen molar-refractivity contribution in [2.24, 2.45) is 0 Å². The number of anilines is 2. The number of aliphatic carboxylic acids is 1. The number of aromatic nitrogens is 2. The number of benzene rings is 1. The topological polar surface area (TPSA) is 105 Å². The summed E-state index contributed by atoms with van der Waals surface area (Å²) in [6.45, 7) is 3.69. The fraction of sp³-hybridized carbons (Fsp3) is 0.333. The SMILES string of the molecule is CC(C)(C(=O)O)n1cc(NC(=O)c2cccc(N3CCCC3=O)c2)cn1. The van der Waals surface area contributed by atoms with E-state index in [9.17, 15) is 19.5 Å². The molecule has 1 aromatic heterocycles. The molecule has 1 fully saturated rings. The van der Waals surface area contributed by atoms with E-state index in [1.165, 1.54) is 30.9 Å². The predicted molar refractivity (Wildman–Crippen MR) is 95.2 cm³/mol. The third-order valence-corrected chi connectivity index (χ3v) is 4.43. The fourth-order valence-electron chi connectivity index (χ4n) is 2.73. The second-order valence-corrected chi connectivity index (χ2v) is 6.69. The van der Waals surface area contributed by atoms with Crippen molar-refractivity contribution in [3.63, 3.8) is 0 Å². The lowest BCUT2D eigenvalue weighted by Gasteiger charge is -2.19. The molecule has 2 aromatic rings. The first-order chi connectivity index (χ1) is 12.3. The van der Waals surface area contributed by atoms with Crippen LogP contribution >= 0.6 is 0 Å². The summed E-state index contributed by atoms with van der Waals surface area (Å²) in [6.07, 6.45) is 4.21. The number of hydrogen-bond donors (Lipinski definition) is 2. The first kappa shape index (κ1) is 17.7. The van der Waals surface area contributed by atoms with Crippen LogP contribution in [0, 0.1) is 0 Å². The van der Waals surface area contributed by atoms with Gasteiger partial charge in [-0.1, -0.05) is 6.07 Å². The number of hydrogen-bond acceptors (Lipinski definition) is 4. The summed E-state index contributed by atoms with van der Waals surface area (Å²) in [5, 5.41) is 16.0. The Morgan fingerprint density at radius 2 is 2.08 bits per heavy atom. The highest BCUT2D eigenvalue weighted by Crippen LogP contribution is 2.23. The Hall–Kier alpha value is -3.16. The summed E-state index contributed by atoms with van der Waals surface area (Å²) >= 11 is 0. The average Bonchev–Trinajstić information content (AvgIpc) is 3.24. The quantitative estimate of drug-likeness (QED) is 0.853. The largest absolute Gasteiger partial charge is 0.479 e. The molecule has 1 saturated heterocycles. The Labute approximate surface area is 150 Å². The van der Waals surface area contributed by atoms with Crippen LogP contribution in [-0.2, 0) is 15.1 Å². The molecular weight excluding hydrogens is 336 g/mol. The van der Waals surface area contributed by atoms with Gasteiger partial charge in [-0.2, -0.15) is 5.10 Å². The number of carboxylic acids is 1. The van der Waals surface area contributed by atoms with Gasteiger partial charge in [0.2, 0.25) is 5.91 Å². The Bertz CT molecular complexity index is 872. The van der Waals surface area contributed by atoms with Crippen LogP contribution in [0.1, 0.15) is 37.0 Å².